The molecule has 0 radical (unpaired) electrons. The van der Waals surface area contributed by atoms with E-state index in [1.54, 1.807) is 12.1 Å². The van der Waals surface area contributed by atoms with Gasteiger partial charge in [-0.3, -0.25) is 0 Å². The first kappa shape index (κ1) is 13.4. The predicted molar refractivity (Wildman–Crippen MR) is 55.6 cm³/mol. The molecule has 16 heavy (non-hydrogen) atoms. The van der Waals surface area contributed by atoms with E-state index in [9.17, 15) is 9.59 Å². The number of hydrogen-bond acceptors (Lipinski definition) is 3. The molecule has 1 rings (SSSR count). The molecule has 0 saturated carbocycles. The Morgan fingerprint density at radius 3 is 1.75 bits per heavy atom. The molecule has 0 fully saturated rings. The summed E-state index contributed by atoms with van der Waals surface area (Å²) in [4.78, 5) is 19.1. The van der Waals surface area contributed by atoms with E-state index in [1.807, 2.05) is 24.3 Å². The maximum Gasteiger partial charge on any atom is 0.328 e. The molecule has 82 valence electrons. The number of carboxylic acid groups (broad SMARTS) is 2. The molecule has 0 aromatic heterocycles. The van der Waals surface area contributed by atoms with Gasteiger partial charge in [-0.2, -0.15) is 5.26 Å². The van der Waals surface area contributed by atoms with Crippen LogP contribution in [0.5, 0.6) is 0 Å². The molecule has 0 aliphatic heterocycles. The lowest BCUT2D eigenvalue weighted by molar-refractivity contribution is -0.134. The molecule has 1 aromatic carbocycles. The van der Waals surface area contributed by atoms with Crippen molar-refractivity contribution < 1.29 is 19.8 Å². The highest BCUT2D eigenvalue weighted by Crippen LogP contribution is 1.93. The Balaban J connectivity index is 0.000000281. The summed E-state index contributed by atoms with van der Waals surface area (Å²) >= 11 is 0. The Hall–Kier alpha value is -2.61. The first-order valence-electron chi connectivity index (χ1n) is 4.15. The zero-order valence-corrected chi connectivity index (χ0v) is 8.20. The standard InChI is InChI=1S/C7H5N.C4H4O4/c8-6-7-4-2-1-3-5-7;5-3(6)1-2-4(7)8/h1-5H;1-2H,(H,5,6)(H,7,8)/b;2-1+. The lowest BCUT2D eigenvalue weighted by atomic mass is 10.2. The number of nitrogens with zero attached hydrogens (tertiary/aromatic N) is 1. The van der Waals surface area contributed by atoms with Crippen LogP contribution in [0.1, 0.15) is 5.56 Å². The molecular formula is C11H9NO4. The molecule has 0 heterocycles. The van der Waals surface area contributed by atoms with Crippen LogP contribution >= 0.6 is 0 Å². The quantitative estimate of drug-likeness (QED) is 0.730. The molecule has 0 spiro atoms. The van der Waals surface area contributed by atoms with Crippen LogP contribution in [-0.2, 0) is 9.59 Å². The minimum absolute atomic E-state index is 0.558. The van der Waals surface area contributed by atoms with E-state index in [2.05, 4.69) is 0 Å². The van der Waals surface area contributed by atoms with Gasteiger partial charge in [0.1, 0.15) is 0 Å². The fourth-order valence-corrected chi connectivity index (χ4v) is 0.655. The van der Waals surface area contributed by atoms with Crippen LogP contribution in [0.3, 0.4) is 0 Å². The summed E-state index contributed by atoms with van der Waals surface area (Å²) in [6.45, 7) is 0. The smallest absolute Gasteiger partial charge is 0.328 e. The zero-order valence-electron chi connectivity index (χ0n) is 8.20. The molecule has 0 bridgehead atoms. The molecule has 1 aromatic rings. The van der Waals surface area contributed by atoms with Gasteiger partial charge in [0, 0.05) is 12.2 Å². The molecule has 5 nitrogen and oxygen atoms in total. The highest BCUT2D eigenvalue weighted by molar-refractivity contribution is 5.89. The average molecular weight is 219 g/mol. The molecular weight excluding hydrogens is 210 g/mol. The number of benzene rings is 1. The van der Waals surface area contributed by atoms with Gasteiger partial charge >= 0.3 is 11.9 Å². The van der Waals surface area contributed by atoms with E-state index in [0.29, 0.717) is 17.7 Å². The van der Waals surface area contributed by atoms with Crippen LogP contribution in [0.15, 0.2) is 42.5 Å². The zero-order chi connectivity index (χ0) is 12.4. The van der Waals surface area contributed by atoms with Crippen LogP contribution in [0.2, 0.25) is 0 Å². The van der Waals surface area contributed by atoms with Gasteiger partial charge in [-0.05, 0) is 12.1 Å². The highest BCUT2D eigenvalue weighted by Gasteiger charge is 1.88. The minimum atomic E-state index is -1.26. The molecule has 0 amide bonds. The summed E-state index contributed by atoms with van der Waals surface area (Å²) in [6, 6.07) is 11.2. The Kier molecular flexibility index (Phi) is 6.50. The monoisotopic (exact) mass is 219 g/mol. The van der Waals surface area contributed by atoms with Crippen molar-refractivity contribution in [2.75, 3.05) is 0 Å². The summed E-state index contributed by atoms with van der Waals surface area (Å²) in [5.74, 6) is -2.51. The number of nitriles is 1. The van der Waals surface area contributed by atoms with Crippen LogP contribution in [0, 0.1) is 11.3 Å². The van der Waals surface area contributed by atoms with Crippen LogP contribution in [-0.4, -0.2) is 22.2 Å². The second kappa shape index (κ2) is 7.76. The van der Waals surface area contributed by atoms with Gasteiger partial charge in [0.2, 0.25) is 0 Å². The number of rotatable bonds is 2. The van der Waals surface area contributed by atoms with Crippen molar-refractivity contribution >= 4 is 11.9 Å². The SMILES string of the molecule is N#Cc1ccccc1.O=C(O)/C=C/C(=O)O. The summed E-state index contributed by atoms with van der Waals surface area (Å²) in [5, 5.41) is 23.9. The van der Waals surface area contributed by atoms with Gasteiger partial charge in [0.15, 0.2) is 0 Å². The minimum Gasteiger partial charge on any atom is -0.478 e. The average Bonchev–Trinajstić information content (AvgIpc) is 2.28. The molecule has 2 N–H and O–H groups in total. The summed E-state index contributed by atoms with van der Waals surface area (Å²) < 4.78 is 0. The fraction of sp³-hybridized carbons (Fsp3) is 0. The first-order chi connectivity index (χ1) is 7.56. The lowest BCUT2D eigenvalue weighted by Gasteiger charge is -1.80. The van der Waals surface area contributed by atoms with Gasteiger partial charge in [0.05, 0.1) is 11.6 Å². The molecule has 0 aliphatic carbocycles. The van der Waals surface area contributed by atoms with Crippen LogP contribution in [0.25, 0.3) is 0 Å². The van der Waals surface area contributed by atoms with E-state index < -0.39 is 11.9 Å². The third-order valence-corrected chi connectivity index (χ3v) is 1.27. The molecule has 0 unspecified atom stereocenters. The third kappa shape index (κ3) is 8.01. The van der Waals surface area contributed by atoms with Gasteiger partial charge < -0.3 is 10.2 Å². The summed E-state index contributed by atoms with van der Waals surface area (Å²) in [7, 11) is 0. The Morgan fingerprint density at radius 2 is 1.50 bits per heavy atom. The van der Waals surface area contributed by atoms with Crippen molar-refractivity contribution in [3.63, 3.8) is 0 Å². The second-order valence-corrected chi connectivity index (χ2v) is 2.49. The Morgan fingerprint density at radius 1 is 1.06 bits per heavy atom. The van der Waals surface area contributed by atoms with E-state index >= 15 is 0 Å². The van der Waals surface area contributed by atoms with Gasteiger partial charge in [-0.25, -0.2) is 9.59 Å². The predicted octanol–water partition coefficient (Wildman–Crippen LogP) is 1.27. The van der Waals surface area contributed by atoms with Gasteiger partial charge in [0.25, 0.3) is 0 Å². The number of aliphatic carboxylic acids is 2. The molecule has 0 atom stereocenters. The third-order valence-electron chi connectivity index (χ3n) is 1.27. The van der Waals surface area contributed by atoms with Gasteiger partial charge in [-0.1, -0.05) is 18.2 Å². The van der Waals surface area contributed by atoms with Crippen molar-refractivity contribution in [1.82, 2.24) is 0 Å². The largest absolute Gasteiger partial charge is 0.478 e. The number of carboxylic acids is 2. The number of hydrogen-bond donors (Lipinski definition) is 2. The van der Waals surface area contributed by atoms with Crippen LogP contribution < -0.4 is 0 Å². The van der Waals surface area contributed by atoms with E-state index in [-0.39, 0.29) is 0 Å². The highest BCUT2D eigenvalue weighted by atomic mass is 16.4. The number of carbonyl (C=O) groups is 2. The normalized spacial score (nSPS) is 8.69. The maximum absolute atomic E-state index is 9.55. The second-order valence-electron chi connectivity index (χ2n) is 2.49. The molecule has 0 aliphatic rings. The Bertz CT molecular complexity index is 401. The fourth-order valence-electron chi connectivity index (χ4n) is 0.655. The lowest BCUT2D eigenvalue weighted by Crippen LogP contribution is -1.91. The van der Waals surface area contributed by atoms with Crippen molar-refractivity contribution in [2.24, 2.45) is 0 Å². The molecule has 5 heteroatoms. The maximum atomic E-state index is 9.55. The summed E-state index contributed by atoms with van der Waals surface area (Å²) in [6.07, 6.45) is 1.12. The van der Waals surface area contributed by atoms with E-state index in [1.165, 1.54) is 0 Å². The Labute approximate surface area is 91.9 Å². The first-order valence-corrected chi connectivity index (χ1v) is 4.15. The van der Waals surface area contributed by atoms with Crippen molar-refractivity contribution in [1.29, 1.82) is 5.26 Å². The van der Waals surface area contributed by atoms with Crippen molar-refractivity contribution in [3.8, 4) is 6.07 Å². The van der Waals surface area contributed by atoms with Gasteiger partial charge in [-0.15, -0.1) is 0 Å². The topological polar surface area (TPSA) is 98.4 Å². The van der Waals surface area contributed by atoms with Crippen molar-refractivity contribution in [2.45, 2.75) is 0 Å². The summed E-state index contributed by atoms with van der Waals surface area (Å²) in [5.41, 5.74) is 0.715. The van der Waals surface area contributed by atoms with E-state index in [4.69, 9.17) is 15.5 Å². The van der Waals surface area contributed by atoms with Crippen LogP contribution in [0.4, 0.5) is 0 Å². The molecule has 0 saturated heterocycles. The van der Waals surface area contributed by atoms with E-state index in [0.717, 1.165) is 0 Å². The van der Waals surface area contributed by atoms with Crippen molar-refractivity contribution in [3.05, 3.63) is 48.0 Å².